The number of amides is 2. The lowest BCUT2D eigenvalue weighted by molar-refractivity contribution is -0.118. The van der Waals surface area contributed by atoms with Crippen molar-refractivity contribution in [2.24, 2.45) is 4.99 Å². The van der Waals surface area contributed by atoms with E-state index in [1.165, 1.54) is 11.8 Å². The number of thioether (sulfide) groups is 1. The second-order valence-corrected chi connectivity index (χ2v) is 6.26. The minimum Gasteiger partial charge on any atom is -0.295 e. The first-order chi connectivity index (χ1) is 9.45. The van der Waals surface area contributed by atoms with Crippen molar-refractivity contribution in [3.05, 3.63) is 28.2 Å². The molecule has 1 aliphatic heterocycles. The molecule has 0 fully saturated rings. The van der Waals surface area contributed by atoms with Crippen molar-refractivity contribution >= 4 is 52.7 Å². The minimum atomic E-state index is -0.411. The minimum absolute atomic E-state index is 0.0389. The maximum Gasteiger partial charge on any atom is 0.248 e. The van der Waals surface area contributed by atoms with Crippen molar-refractivity contribution in [1.29, 1.82) is 0 Å². The van der Waals surface area contributed by atoms with Crippen LogP contribution in [0.3, 0.4) is 0 Å². The largest absolute Gasteiger partial charge is 0.295 e. The summed E-state index contributed by atoms with van der Waals surface area (Å²) >= 11 is 13.2. The summed E-state index contributed by atoms with van der Waals surface area (Å²) in [4.78, 5) is 27.5. The van der Waals surface area contributed by atoms with E-state index in [4.69, 9.17) is 23.2 Å². The molecule has 2 rings (SSSR count). The van der Waals surface area contributed by atoms with E-state index in [1.807, 2.05) is 0 Å². The van der Waals surface area contributed by atoms with Crippen LogP contribution >= 0.6 is 35.0 Å². The molecule has 0 saturated heterocycles. The molecule has 8 heteroatoms. The fourth-order valence-corrected chi connectivity index (χ4v) is 2.87. The van der Waals surface area contributed by atoms with Crippen molar-refractivity contribution in [3.8, 4) is 0 Å². The lowest BCUT2D eigenvalue weighted by atomic mass is 10.4. The van der Waals surface area contributed by atoms with E-state index < -0.39 is 5.25 Å². The predicted octanol–water partition coefficient (Wildman–Crippen LogP) is 2.08. The Kier molecular flexibility index (Phi) is 4.91. The van der Waals surface area contributed by atoms with Gasteiger partial charge in [0, 0.05) is 9.92 Å². The number of hydrogen-bond acceptors (Lipinski definition) is 4. The number of guanidine groups is 1. The number of nitrogens with one attached hydrogen (secondary N) is 2. The Labute approximate surface area is 130 Å². The van der Waals surface area contributed by atoms with Crippen molar-refractivity contribution in [2.45, 2.75) is 17.1 Å². The number of carbonyl (C=O) groups excluding carboxylic acids is 2. The van der Waals surface area contributed by atoms with Gasteiger partial charge in [-0.05, 0) is 25.1 Å². The zero-order chi connectivity index (χ0) is 14.7. The Hall–Kier alpha value is -1.24. The third-order valence-corrected chi connectivity index (χ3v) is 4.28. The maximum atomic E-state index is 12.0. The van der Waals surface area contributed by atoms with Crippen LogP contribution in [0.4, 0.5) is 0 Å². The molecule has 0 bridgehead atoms. The SMILES string of the molecule is C[C@@H](Sc1cc(Cl)ccc1Cl)C(=O)NC1=NCC(=O)N1. The number of rotatable bonds is 3. The molecule has 1 aliphatic rings. The summed E-state index contributed by atoms with van der Waals surface area (Å²) in [6.45, 7) is 1.77. The average Bonchev–Trinajstić information content (AvgIpc) is 2.79. The molecule has 1 aromatic carbocycles. The van der Waals surface area contributed by atoms with Crippen molar-refractivity contribution in [2.75, 3.05) is 6.54 Å². The first-order valence-electron chi connectivity index (χ1n) is 5.72. The van der Waals surface area contributed by atoms with Gasteiger partial charge < -0.3 is 0 Å². The van der Waals surface area contributed by atoms with E-state index in [1.54, 1.807) is 25.1 Å². The van der Waals surface area contributed by atoms with E-state index in [2.05, 4.69) is 15.6 Å². The second kappa shape index (κ2) is 6.47. The summed E-state index contributed by atoms with van der Waals surface area (Å²) in [6, 6.07) is 5.06. The Balaban J connectivity index is 1.97. The van der Waals surface area contributed by atoms with Gasteiger partial charge in [0.15, 0.2) is 0 Å². The van der Waals surface area contributed by atoms with Crippen LogP contribution in [0.2, 0.25) is 10.0 Å². The molecule has 2 N–H and O–H groups in total. The lowest BCUT2D eigenvalue weighted by Gasteiger charge is -2.12. The molecule has 2 amide bonds. The molecule has 1 aromatic rings. The first-order valence-corrected chi connectivity index (χ1v) is 7.36. The quantitative estimate of drug-likeness (QED) is 0.833. The summed E-state index contributed by atoms with van der Waals surface area (Å²) in [5.41, 5.74) is 0. The molecule has 1 atom stereocenters. The molecular formula is C12H11Cl2N3O2S. The van der Waals surface area contributed by atoms with Crippen LogP contribution in [0, 0.1) is 0 Å². The fourth-order valence-electron chi connectivity index (χ4n) is 1.46. The fraction of sp³-hybridized carbons (Fsp3) is 0.250. The molecule has 20 heavy (non-hydrogen) atoms. The van der Waals surface area contributed by atoms with E-state index in [9.17, 15) is 9.59 Å². The van der Waals surface area contributed by atoms with Gasteiger partial charge in [-0.3, -0.25) is 20.2 Å². The molecule has 0 radical (unpaired) electrons. The van der Waals surface area contributed by atoms with E-state index in [0.717, 1.165) is 4.90 Å². The Bertz CT molecular complexity index is 592. The summed E-state index contributed by atoms with van der Waals surface area (Å²) in [7, 11) is 0. The Morgan fingerprint density at radius 3 is 2.90 bits per heavy atom. The monoisotopic (exact) mass is 331 g/mol. The van der Waals surface area contributed by atoms with Gasteiger partial charge in [-0.1, -0.05) is 23.2 Å². The van der Waals surface area contributed by atoms with Gasteiger partial charge in [0.2, 0.25) is 17.8 Å². The highest BCUT2D eigenvalue weighted by atomic mass is 35.5. The maximum absolute atomic E-state index is 12.0. The molecule has 1 heterocycles. The molecule has 0 unspecified atom stereocenters. The van der Waals surface area contributed by atoms with Crippen LogP contribution in [-0.4, -0.2) is 29.6 Å². The first kappa shape index (κ1) is 15.2. The zero-order valence-electron chi connectivity index (χ0n) is 10.4. The number of halogens is 2. The van der Waals surface area contributed by atoms with Crippen molar-refractivity contribution in [3.63, 3.8) is 0 Å². The second-order valence-electron chi connectivity index (χ2n) is 4.04. The molecule has 0 aliphatic carbocycles. The number of carbonyl (C=O) groups is 2. The molecular weight excluding hydrogens is 321 g/mol. The summed E-state index contributed by atoms with van der Waals surface area (Å²) in [5, 5.41) is 5.67. The topological polar surface area (TPSA) is 70.6 Å². The smallest absolute Gasteiger partial charge is 0.248 e. The summed E-state index contributed by atoms with van der Waals surface area (Å²) in [5.74, 6) is -0.324. The van der Waals surface area contributed by atoms with E-state index in [-0.39, 0.29) is 24.3 Å². The third kappa shape index (κ3) is 3.88. The number of hydrogen-bond donors (Lipinski definition) is 2. The molecule has 0 saturated carbocycles. The van der Waals surface area contributed by atoms with Gasteiger partial charge in [0.1, 0.15) is 6.54 Å². The zero-order valence-corrected chi connectivity index (χ0v) is 12.8. The third-order valence-electron chi connectivity index (χ3n) is 2.45. The number of benzene rings is 1. The van der Waals surface area contributed by atoms with Crippen LogP contribution in [-0.2, 0) is 9.59 Å². The van der Waals surface area contributed by atoms with Crippen LogP contribution in [0.25, 0.3) is 0 Å². The van der Waals surface area contributed by atoms with Crippen LogP contribution in [0.15, 0.2) is 28.1 Å². The summed E-state index contributed by atoms with van der Waals surface area (Å²) in [6.07, 6.45) is 0. The average molecular weight is 332 g/mol. The Morgan fingerprint density at radius 1 is 1.50 bits per heavy atom. The predicted molar refractivity (Wildman–Crippen MR) is 80.4 cm³/mol. The molecule has 0 aromatic heterocycles. The number of nitrogens with zero attached hydrogens (tertiary/aromatic N) is 1. The standard InChI is InChI=1S/C12H11Cl2N3O2S/c1-6(11(19)17-12-15-5-10(18)16-12)20-9-4-7(13)2-3-8(9)14/h2-4,6H,5H2,1H3,(H2,15,16,17,18,19)/t6-/m1/s1. The van der Waals surface area contributed by atoms with Gasteiger partial charge in [-0.15, -0.1) is 11.8 Å². The van der Waals surface area contributed by atoms with Gasteiger partial charge in [0.25, 0.3) is 0 Å². The van der Waals surface area contributed by atoms with Gasteiger partial charge in [0.05, 0.1) is 10.3 Å². The molecule has 106 valence electrons. The van der Waals surface area contributed by atoms with Gasteiger partial charge in [-0.2, -0.15) is 0 Å². The Morgan fingerprint density at radius 2 is 2.25 bits per heavy atom. The molecule has 5 nitrogen and oxygen atoms in total. The highest BCUT2D eigenvalue weighted by molar-refractivity contribution is 8.00. The van der Waals surface area contributed by atoms with Gasteiger partial charge >= 0.3 is 0 Å². The normalized spacial score (nSPS) is 15.6. The van der Waals surface area contributed by atoms with Crippen LogP contribution in [0.1, 0.15) is 6.92 Å². The van der Waals surface area contributed by atoms with Crippen molar-refractivity contribution < 1.29 is 9.59 Å². The number of aliphatic imine (C=N–C) groups is 1. The van der Waals surface area contributed by atoms with Gasteiger partial charge in [-0.25, -0.2) is 4.99 Å². The summed E-state index contributed by atoms with van der Waals surface area (Å²) < 4.78 is 0. The van der Waals surface area contributed by atoms with Crippen LogP contribution < -0.4 is 10.6 Å². The molecule has 0 spiro atoms. The highest BCUT2D eigenvalue weighted by Crippen LogP contribution is 2.32. The van der Waals surface area contributed by atoms with E-state index >= 15 is 0 Å². The highest BCUT2D eigenvalue weighted by Gasteiger charge is 2.20. The van der Waals surface area contributed by atoms with E-state index in [0.29, 0.717) is 10.0 Å². The lowest BCUT2D eigenvalue weighted by Crippen LogP contribution is -2.43. The van der Waals surface area contributed by atoms with Crippen LogP contribution in [0.5, 0.6) is 0 Å². The van der Waals surface area contributed by atoms with Crippen molar-refractivity contribution in [1.82, 2.24) is 10.6 Å².